The third-order valence-corrected chi connectivity index (χ3v) is 4.75. The molecule has 3 rings (SSSR count). The molecule has 3 aromatic rings. The Hall–Kier alpha value is -2.93. The van der Waals surface area contributed by atoms with E-state index in [0.717, 1.165) is 10.6 Å². The molecule has 6 nitrogen and oxygen atoms in total. The van der Waals surface area contributed by atoms with Gasteiger partial charge in [0.1, 0.15) is 15.7 Å². The zero-order valence-corrected chi connectivity index (χ0v) is 14.9. The number of rotatable bonds is 5. The second-order valence-corrected chi connectivity index (χ2v) is 6.17. The number of amides is 1. The molecule has 0 fully saturated rings. The predicted octanol–water partition coefficient (Wildman–Crippen LogP) is 3.78. The number of ether oxygens (including phenoxy) is 2. The largest absolute Gasteiger partial charge is 0.493 e. The van der Waals surface area contributed by atoms with Crippen LogP contribution in [-0.4, -0.2) is 30.1 Å². The average Bonchev–Trinajstić information content (AvgIpc) is 3.03. The van der Waals surface area contributed by atoms with Crippen LogP contribution in [0.15, 0.2) is 42.6 Å². The molecule has 2 heterocycles. The van der Waals surface area contributed by atoms with E-state index in [4.69, 9.17) is 9.47 Å². The van der Waals surface area contributed by atoms with Gasteiger partial charge in [-0.25, -0.2) is 9.97 Å². The maximum absolute atomic E-state index is 12.5. The SMILES string of the molecule is COc1ccc(-c2nc(C)c(C(=O)Nc3ccccn3)s2)cc1OC. The van der Waals surface area contributed by atoms with Crippen molar-refractivity contribution in [1.29, 1.82) is 0 Å². The van der Waals surface area contributed by atoms with E-state index in [1.54, 1.807) is 32.5 Å². The number of hydrogen-bond donors (Lipinski definition) is 1. The van der Waals surface area contributed by atoms with Gasteiger partial charge in [0.2, 0.25) is 0 Å². The van der Waals surface area contributed by atoms with E-state index in [0.29, 0.717) is 27.9 Å². The average molecular weight is 355 g/mol. The van der Waals surface area contributed by atoms with Crippen molar-refractivity contribution in [3.63, 3.8) is 0 Å². The molecule has 25 heavy (non-hydrogen) atoms. The smallest absolute Gasteiger partial charge is 0.268 e. The van der Waals surface area contributed by atoms with E-state index in [1.807, 2.05) is 31.2 Å². The summed E-state index contributed by atoms with van der Waals surface area (Å²) in [5.74, 6) is 1.55. The number of nitrogens with one attached hydrogen (secondary N) is 1. The summed E-state index contributed by atoms with van der Waals surface area (Å²) in [6.07, 6.45) is 1.63. The number of pyridine rings is 1. The molecule has 0 aliphatic rings. The van der Waals surface area contributed by atoms with Crippen LogP contribution < -0.4 is 14.8 Å². The molecule has 7 heteroatoms. The molecule has 0 bridgehead atoms. The summed E-state index contributed by atoms with van der Waals surface area (Å²) in [6.45, 7) is 1.81. The van der Waals surface area contributed by atoms with Crippen molar-refractivity contribution in [3.8, 4) is 22.1 Å². The van der Waals surface area contributed by atoms with Crippen LogP contribution in [0.5, 0.6) is 11.5 Å². The number of aromatic nitrogens is 2. The molecule has 0 saturated heterocycles. The van der Waals surface area contributed by atoms with Gasteiger partial charge in [-0.2, -0.15) is 0 Å². The van der Waals surface area contributed by atoms with Crippen molar-refractivity contribution in [2.24, 2.45) is 0 Å². The van der Waals surface area contributed by atoms with Gasteiger partial charge in [-0.3, -0.25) is 4.79 Å². The number of nitrogens with zero attached hydrogens (tertiary/aromatic N) is 2. The quantitative estimate of drug-likeness (QED) is 0.754. The fourth-order valence-corrected chi connectivity index (χ4v) is 3.27. The van der Waals surface area contributed by atoms with Gasteiger partial charge in [-0.1, -0.05) is 6.07 Å². The second kappa shape index (κ2) is 7.31. The number of methoxy groups -OCH3 is 2. The van der Waals surface area contributed by atoms with Gasteiger partial charge in [-0.05, 0) is 37.3 Å². The number of anilines is 1. The Labute approximate surface area is 149 Å². The molecular weight excluding hydrogens is 338 g/mol. The number of aryl methyl sites for hydroxylation is 1. The minimum Gasteiger partial charge on any atom is -0.493 e. The molecule has 1 N–H and O–H groups in total. The third-order valence-electron chi connectivity index (χ3n) is 3.54. The van der Waals surface area contributed by atoms with E-state index in [-0.39, 0.29) is 5.91 Å². The van der Waals surface area contributed by atoms with Crippen molar-refractivity contribution >= 4 is 23.1 Å². The van der Waals surface area contributed by atoms with E-state index in [2.05, 4.69) is 15.3 Å². The van der Waals surface area contributed by atoms with Gasteiger partial charge in [0, 0.05) is 11.8 Å². The topological polar surface area (TPSA) is 73.3 Å². The van der Waals surface area contributed by atoms with Crippen molar-refractivity contribution in [3.05, 3.63) is 53.2 Å². The fraction of sp³-hybridized carbons (Fsp3) is 0.167. The highest BCUT2D eigenvalue weighted by molar-refractivity contribution is 7.17. The monoisotopic (exact) mass is 355 g/mol. The third kappa shape index (κ3) is 3.61. The van der Waals surface area contributed by atoms with Gasteiger partial charge < -0.3 is 14.8 Å². The van der Waals surface area contributed by atoms with Crippen LogP contribution in [0, 0.1) is 6.92 Å². The first-order valence-electron chi connectivity index (χ1n) is 7.54. The van der Waals surface area contributed by atoms with Crippen LogP contribution >= 0.6 is 11.3 Å². The molecule has 0 atom stereocenters. The number of carbonyl (C=O) groups excluding carboxylic acids is 1. The lowest BCUT2D eigenvalue weighted by Gasteiger charge is -2.08. The summed E-state index contributed by atoms with van der Waals surface area (Å²) in [7, 11) is 3.17. The normalized spacial score (nSPS) is 10.4. The highest BCUT2D eigenvalue weighted by atomic mass is 32.1. The van der Waals surface area contributed by atoms with Gasteiger partial charge >= 0.3 is 0 Å². The zero-order valence-electron chi connectivity index (χ0n) is 14.1. The summed E-state index contributed by atoms with van der Waals surface area (Å²) in [4.78, 5) is 21.6. The Balaban J connectivity index is 1.88. The summed E-state index contributed by atoms with van der Waals surface area (Å²) in [5.41, 5.74) is 1.53. The summed E-state index contributed by atoms with van der Waals surface area (Å²) in [6, 6.07) is 10.9. The zero-order chi connectivity index (χ0) is 17.8. The molecule has 0 unspecified atom stereocenters. The molecule has 0 spiro atoms. The first kappa shape index (κ1) is 16.9. The van der Waals surface area contributed by atoms with E-state index < -0.39 is 0 Å². The highest BCUT2D eigenvalue weighted by Gasteiger charge is 2.17. The molecule has 128 valence electrons. The maximum atomic E-state index is 12.5. The van der Waals surface area contributed by atoms with Crippen LogP contribution in [0.25, 0.3) is 10.6 Å². The van der Waals surface area contributed by atoms with Gasteiger partial charge in [-0.15, -0.1) is 11.3 Å². The molecule has 2 aromatic heterocycles. The molecule has 1 aromatic carbocycles. The van der Waals surface area contributed by atoms with Crippen LogP contribution in [0.2, 0.25) is 0 Å². The fourth-order valence-electron chi connectivity index (χ4n) is 2.31. The second-order valence-electron chi connectivity index (χ2n) is 5.17. The molecule has 0 aliphatic carbocycles. The van der Waals surface area contributed by atoms with E-state index in [1.165, 1.54) is 11.3 Å². The molecular formula is C18H17N3O3S. The molecule has 0 radical (unpaired) electrons. The van der Waals surface area contributed by atoms with Crippen molar-refractivity contribution in [2.45, 2.75) is 6.92 Å². The van der Waals surface area contributed by atoms with Crippen molar-refractivity contribution in [1.82, 2.24) is 9.97 Å². The van der Waals surface area contributed by atoms with Gasteiger partial charge in [0.05, 0.1) is 19.9 Å². The Morgan fingerprint density at radius 3 is 2.60 bits per heavy atom. The first-order valence-corrected chi connectivity index (χ1v) is 8.36. The lowest BCUT2D eigenvalue weighted by molar-refractivity contribution is 0.102. The summed E-state index contributed by atoms with van der Waals surface area (Å²) < 4.78 is 10.6. The van der Waals surface area contributed by atoms with Gasteiger partial charge in [0.25, 0.3) is 5.91 Å². The molecule has 0 aliphatic heterocycles. The Morgan fingerprint density at radius 2 is 1.92 bits per heavy atom. The predicted molar refractivity (Wildman–Crippen MR) is 97.6 cm³/mol. The number of carbonyl (C=O) groups is 1. The number of thiazole rings is 1. The first-order chi connectivity index (χ1) is 12.1. The lowest BCUT2D eigenvalue weighted by atomic mass is 10.2. The van der Waals surface area contributed by atoms with Crippen LogP contribution in [0.3, 0.4) is 0 Å². The maximum Gasteiger partial charge on any atom is 0.268 e. The Bertz CT molecular complexity index is 894. The highest BCUT2D eigenvalue weighted by Crippen LogP contribution is 2.35. The van der Waals surface area contributed by atoms with Crippen LogP contribution in [-0.2, 0) is 0 Å². The summed E-state index contributed by atoms with van der Waals surface area (Å²) in [5, 5.41) is 3.52. The van der Waals surface area contributed by atoms with Gasteiger partial charge in [0.15, 0.2) is 11.5 Å². The number of benzene rings is 1. The van der Waals surface area contributed by atoms with Crippen molar-refractivity contribution < 1.29 is 14.3 Å². The minimum absolute atomic E-state index is 0.222. The van der Waals surface area contributed by atoms with E-state index >= 15 is 0 Å². The summed E-state index contributed by atoms with van der Waals surface area (Å²) >= 11 is 1.33. The lowest BCUT2D eigenvalue weighted by Crippen LogP contribution is -2.12. The molecule has 0 saturated carbocycles. The Morgan fingerprint density at radius 1 is 1.12 bits per heavy atom. The minimum atomic E-state index is -0.222. The molecule has 1 amide bonds. The van der Waals surface area contributed by atoms with Crippen LogP contribution in [0.1, 0.15) is 15.4 Å². The standard InChI is InChI=1S/C18H17N3O3S/c1-11-16(17(22)21-15-6-4-5-9-19-15)25-18(20-11)12-7-8-13(23-2)14(10-12)24-3/h4-10H,1-3H3,(H,19,21,22). The Kier molecular flexibility index (Phi) is 4.95. The number of hydrogen-bond acceptors (Lipinski definition) is 6. The van der Waals surface area contributed by atoms with E-state index in [9.17, 15) is 4.79 Å². The van der Waals surface area contributed by atoms with Crippen LogP contribution in [0.4, 0.5) is 5.82 Å². The van der Waals surface area contributed by atoms with Crippen molar-refractivity contribution in [2.75, 3.05) is 19.5 Å².